The van der Waals surface area contributed by atoms with Crippen LogP contribution in [0, 0.1) is 0 Å². The normalized spacial score (nSPS) is 12.8. The van der Waals surface area contributed by atoms with Crippen molar-refractivity contribution in [3.8, 4) is 5.75 Å². The SMILES string of the molecule is CCNC(=O)NOCC(=O)N[C@@H](Cc1ccc(OC(C)(C)C)cc1)C(=O)N(Cc1cccc2cccnc12)[C@@H](C)C(OCC)OCC. The molecule has 1 heterocycles. The molecule has 3 rings (SSSR count). The molecule has 0 saturated carbocycles. The third kappa shape index (κ3) is 11.8. The van der Waals surface area contributed by atoms with E-state index in [0.29, 0.717) is 25.5 Å². The fourth-order valence-corrected chi connectivity index (χ4v) is 4.99. The first-order chi connectivity index (χ1) is 22.4. The van der Waals surface area contributed by atoms with Crippen LogP contribution in [0.3, 0.4) is 0 Å². The molecule has 0 fully saturated rings. The van der Waals surface area contributed by atoms with E-state index in [2.05, 4.69) is 21.1 Å². The number of benzene rings is 2. The van der Waals surface area contributed by atoms with Gasteiger partial charge in [-0.1, -0.05) is 36.4 Å². The molecule has 4 amide bonds. The third-order valence-electron chi connectivity index (χ3n) is 7.01. The number of urea groups is 1. The monoisotopic (exact) mass is 651 g/mol. The number of hydrogen-bond donors (Lipinski definition) is 3. The third-order valence-corrected chi connectivity index (χ3v) is 7.01. The van der Waals surface area contributed by atoms with Crippen LogP contribution in [0.15, 0.2) is 60.8 Å². The number of carbonyl (C=O) groups excluding carboxylic acids is 3. The Hall–Kier alpha value is -4.26. The second-order valence-electron chi connectivity index (χ2n) is 11.9. The molecule has 12 nitrogen and oxygen atoms in total. The highest BCUT2D eigenvalue weighted by molar-refractivity contribution is 5.89. The summed E-state index contributed by atoms with van der Waals surface area (Å²) in [6.07, 6.45) is 1.18. The Balaban J connectivity index is 1.97. The van der Waals surface area contributed by atoms with Gasteiger partial charge in [-0.3, -0.25) is 19.4 Å². The summed E-state index contributed by atoms with van der Waals surface area (Å²) in [7, 11) is 0. The Kier molecular flexibility index (Phi) is 14.4. The summed E-state index contributed by atoms with van der Waals surface area (Å²) >= 11 is 0. The molecule has 256 valence electrons. The molecule has 1 aromatic heterocycles. The van der Waals surface area contributed by atoms with Gasteiger partial charge in [0.05, 0.1) is 11.6 Å². The van der Waals surface area contributed by atoms with Gasteiger partial charge in [-0.2, -0.15) is 0 Å². The van der Waals surface area contributed by atoms with E-state index in [1.54, 1.807) is 18.0 Å². The van der Waals surface area contributed by atoms with E-state index >= 15 is 0 Å². The van der Waals surface area contributed by atoms with Gasteiger partial charge in [0.1, 0.15) is 17.4 Å². The highest BCUT2D eigenvalue weighted by atomic mass is 16.7. The van der Waals surface area contributed by atoms with E-state index < -0.39 is 36.9 Å². The zero-order valence-electron chi connectivity index (χ0n) is 28.5. The number of ether oxygens (including phenoxy) is 3. The summed E-state index contributed by atoms with van der Waals surface area (Å²) in [4.78, 5) is 50.8. The maximum atomic E-state index is 14.6. The minimum absolute atomic E-state index is 0.176. The minimum Gasteiger partial charge on any atom is -0.488 e. The van der Waals surface area contributed by atoms with Gasteiger partial charge < -0.3 is 29.7 Å². The summed E-state index contributed by atoms with van der Waals surface area (Å²) in [6, 6.07) is 15.0. The first kappa shape index (κ1) is 37.2. The first-order valence-corrected chi connectivity index (χ1v) is 16.0. The van der Waals surface area contributed by atoms with Crippen molar-refractivity contribution in [1.82, 2.24) is 26.0 Å². The van der Waals surface area contributed by atoms with Crippen molar-refractivity contribution in [2.75, 3.05) is 26.4 Å². The molecule has 0 unspecified atom stereocenters. The molecule has 0 spiro atoms. The number of hydrogen-bond acceptors (Lipinski definition) is 8. The van der Waals surface area contributed by atoms with Crippen molar-refractivity contribution < 1.29 is 33.4 Å². The van der Waals surface area contributed by atoms with Gasteiger partial charge >= 0.3 is 6.03 Å². The molecule has 3 aromatic rings. The van der Waals surface area contributed by atoms with Crippen LogP contribution >= 0.6 is 0 Å². The minimum atomic E-state index is -1.00. The standard InChI is InChI=1S/C35H49N5O7/c1-8-36-34(43)39-46-23-30(41)38-29(21-25-16-18-28(19-17-25)47-35(5,6)7)32(42)40(24(4)33(44-9-2)45-10-3)22-27-14-11-13-26-15-12-20-37-31(26)27/h11-20,24,29,33H,8-10,21-23H2,1-7H3,(H,38,41)(H2,36,39,43)/t24-,29-/m0/s1. The quantitative estimate of drug-likeness (QED) is 0.143. The molecule has 0 saturated heterocycles. The number of aromatic nitrogens is 1. The number of fused-ring (bicyclic) bond motifs is 1. The van der Waals surface area contributed by atoms with Crippen LogP contribution in [0.2, 0.25) is 0 Å². The van der Waals surface area contributed by atoms with Gasteiger partial charge in [0, 0.05) is 44.3 Å². The molecule has 0 aliphatic rings. The molecule has 2 aromatic carbocycles. The predicted molar refractivity (Wildman–Crippen MR) is 179 cm³/mol. The number of nitrogens with one attached hydrogen (secondary N) is 3. The number of carbonyl (C=O) groups is 3. The average Bonchev–Trinajstić information content (AvgIpc) is 3.03. The predicted octanol–water partition coefficient (Wildman–Crippen LogP) is 4.51. The van der Waals surface area contributed by atoms with Crippen LogP contribution in [0.4, 0.5) is 4.79 Å². The van der Waals surface area contributed by atoms with Crippen molar-refractivity contribution in [2.45, 2.75) is 85.4 Å². The maximum Gasteiger partial charge on any atom is 0.338 e. The lowest BCUT2D eigenvalue weighted by atomic mass is 10.0. The first-order valence-electron chi connectivity index (χ1n) is 16.0. The Morgan fingerprint density at radius 3 is 2.26 bits per heavy atom. The topological polar surface area (TPSA) is 140 Å². The lowest BCUT2D eigenvalue weighted by Crippen LogP contribution is -2.55. The van der Waals surface area contributed by atoms with Gasteiger partial charge in [-0.25, -0.2) is 10.3 Å². The lowest BCUT2D eigenvalue weighted by Gasteiger charge is -2.36. The maximum absolute atomic E-state index is 14.6. The van der Waals surface area contributed by atoms with Gasteiger partial charge in [0.15, 0.2) is 12.9 Å². The summed E-state index contributed by atoms with van der Waals surface area (Å²) < 4.78 is 17.8. The Bertz CT molecular complexity index is 1430. The van der Waals surface area contributed by atoms with E-state index in [-0.39, 0.29) is 24.5 Å². The molecule has 0 radical (unpaired) electrons. The van der Waals surface area contributed by atoms with Crippen molar-refractivity contribution in [3.05, 3.63) is 71.9 Å². The Morgan fingerprint density at radius 2 is 1.62 bits per heavy atom. The molecule has 2 atom stereocenters. The molecule has 47 heavy (non-hydrogen) atoms. The highest BCUT2D eigenvalue weighted by Gasteiger charge is 2.34. The van der Waals surface area contributed by atoms with Crippen molar-refractivity contribution in [2.24, 2.45) is 0 Å². The fraction of sp³-hybridized carbons (Fsp3) is 0.486. The molecule has 3 N–H and O–H groups in total. The van der Waals surface area contributed by atoms with Crippen molar-refractivity contribution >= 4 is 28.7 Å². The summed E-state index contributed by atoms with van der Waals surface area (Å²) in [5.41, 5.74) is 4.19. The van der Waals surface area contributed by atoms with Gasteiger partial charge in [0.2, 0.25) is 11.8 Å². The molecule has 12 heteroatoms. The number of pyridine rings is 1. The van der Waals surface area contributed by atoms with Crippen LogP contribution < -0.4 is 20.9 Å². The molecular formula is C35H49N5O7. The number of amides is 4. The zero-order valence-corrected chi connectivity index (χ0v) is 28.5. The van der Waals surface area contributed by atoms with Crippen LogP contribution in [0.5, 0.6) is 5.75 Å². The van der Waals surface area contributed by atoms with Gasteiger partial charge in [0.25, 0.3) is 0 Å². The van der Waals surface area contributed by atoms with E-state index in [9.17, 15) is 14.4 Å². The van der Waals surface area contributed by atoms with Crippen LogP contribution in [0.1, 0.15) is 59.6 Å². The largest absolute Gasteiger partial charge is 0.488 e. The lowest BCUT2D eigenvalue weighted by molar-refractivity contribution is -0.179. The van der Waals surface area contributed by atoms with Gasteiger partial charge in [-0.15, -0.1) is 0 Å². The van der Waals surface area contributed by atoms with Crippen LogP contribution in [0.25, 0.3) is 10.9 Å². The number of rotatable bonds is 17. The zero-order chi connectivity index (χ0) is 34.4. The molecule has 0 aliphatic heterocycles. The molecular weight excluding hydrogens is 602 g/mol. The average molecular weight is 652 g/mol. The second kappa shape index (κ2) is 18.2. The van der Waals surface area contributed by atoms with E-state index in [0.717, 1.165) is 22.0 Å². The Morgan fingerprint density at radius 1 is 0.936 bits per heavy atom. The molecule has 0 aliphatic carbocycles. The number of hydroxylamine groups is 1. The van der Waals surface area contributed by atoms with E-state index in [1.807, 2.05) is 96.1 Å². The second-order valence-corrected chi connectivity index (χ2v) is 11.9. The van der Waals surface area contributed by atoms with Crippen LogP contribution in [-0.2, 0) is 36.9 Å². The van der Waals surface area contributed by atoms with Crippen LogP contribution in [-0.4, -0.2) is 78.1 Å². The van der Waals surface area contributed by atoms with E-state index in [4.69, 9.17) is 19.0 Å². The number of para-hydroxylation sites is 1. The number of nitrogens with zero attached hydrogens (tertiary/aromatic N) is 2. The summed E-state index contributed by atoms with van der Waals surface area (Å²) in [5, 5.41) is 6.29. The highest BCUT2D eigenvalue weighted by Crippen LogP contribution is 2.23. The summed E-state index contributed by atoms with van der Waals surface area (Å²) in [6.45, 7) is 14.1. The van der Waals surface area contributed by atoms with E-state index in [1.165, 1.54) is 0 Å². The Labute approximate surface area is 277 Å². The fourth-order valence-electron chi connectivity index (χ4n) is 4.99. The van der Waals surface area contributed by atoms with Crippen molar-refractivity contribution in [1.29, 1.82) is 0 Å². The van der Waals surface area contributed by atoms with Crippen molar-refractivity contribution in [3.63, 3.8) is 0 Å². The van der Waals surface area contributed by atoms with Gasteiger partial charge in [-0.05, 0) is 77.8 Å². The summed E-state index contributed by atoms with van der Waals surface area (Å²) in [5.74, 6) is -0.249. The molecule has 0 bridgehead atoms. The smallest absolute Gasteiger partial charge is 0.338 e.